The quantitative estimate of drug-likeness (QED) is 0.835. The Hall–Kier alpha value is -2.35. The van der Waals surface area contributed by atoms with Crippen molar-refractivity contribution in [3.8, 4) is 0 Å². The summed E-state index contributed by atoms with van der Waals surface area (Å²) in [4.78, 5) is 22.9. The van der Waals surface area contributed by atoms with E-state index in [1.807, 2.05) is 0 Å². The van der Waals surface area contributed by atoms with Crippen LogP contribution < -0.4 is 10.9 Å². The third-order valence-electron chi connectivity index (χ3n) is 2.86. The van der Waals surface area contributed by atoms with Crippen LogP contribution in [0.2, 0.25) is 0 Å². The summed E-state index contributed by atoms with van der Waals surface area (Å²) < 4.78 is 43.4. The Kier molecular flexibility index (Phi) is 3.74. The van der Waals surface area contributed by atoms with Crippen LogP contribution in [0, 0.1) is 0 Å². The molecule has 1 amide bonds. The van der Waals surface area contributed by atoms with E-state index in [2.05, 4.69) is 5.32 Å². The van der Waals surface area contributed by atoms with Gasteiger partial charge in [-0.15, -0.1) is 0 Å². The van der Waals surface area contributed by atoms with Gasteiger partial charge in [0, 0.05) is 23.2 Å². The SMILES string of the molecule is CC(C)(O)C(=O)Nc1ccc2c(C(F)(F)F)cc(=O)oc2c1. The topological polar surface area (TPSA) is 79.5 Å². The number of benzene rings is 1. The number of nitrogens with one attached hydrogen (secondary N) is 1. The largest absolute Gasteiger partial charge is 0.423 e. The predicted octanol–water partition coefficient (Wildman–Crippen LogP) is 2.52. The number of alkyl halides is 3. The third kappa shape index (κ3) is 3.28. The zero-order valence-electron chi connectivity index (χ0n) is 11.6. The molecule has 0 saturated carbocycles. The molecule has 5 nitrogen and oxygen atoms in total. The normalized spacial score (nSPS) is 12.5. The molecule has 0 unspecified atom stereocenters. The van der Waals surface area contributed by atoms with Gasteiger partial charge in [-0.25, -0.2) is 4.79 Å². The second kappa shape index (κ2) is 5.13. The van der Waals surface area contributed by atoms with Crippen LogP contribution in [0.25, 0.3) is 11.0 Å². The number of rotatable bonds is 2. The van der Waals surface area contributed by atoms with E-state index in [1.54, 1.807) is 0 Å². The number of carbonyl (C=O) groups is 1. The number of aliphatic hydroxyl groups is 1. The first kappa shape index (κ1) is 16.0. The molecule has 2 rings (SSSR count). The Labute approximate surface area is 122 Å². The second-order valence-corrected chi connectivity index (χ2v) is 5.20. The van der Waals surface area contributed by atoms with Crippen molar-refractivity contribution in [1.82, 2.24) is 0 Å². The standard InChI is InChI=1S/C14H12F3NO4/c1-13(2,21)12(20)18-7-3-4-8-9(14(15,16)17)6-11(19)22-10(8)5-7/h3-6,21H,1-2H3,(H,18,20). The maximum atomic E-state index is 12.9. The van der Waals surface area contributed by atoms with Crippen LogP contribution >= 0.6 is 0 Å². The molecule has 2 N–H and O–H groups in total. The smallest absolute Gasteiger partial charge is 0.417 e. The van der Waals surface area contributed by atoms with E-state index in [-0.39, 0.29) is 16.7 Å². The molecule has 0 saturated heterocycles. The maximum absolute atomic E-state index is 12.9. The molecule has 0 spiro atoms. The van der Waals surface area contributed by atoms with Gasteiger partial charge in [-0.05, 0) is 26.0 Å². The van der Waals surface area contributed by atoms with Crippen molar-refractivity contribution in [3.05, 3.63) is 40.2 Å². The van der Waals surface area contributed by atoms with E-state index in [0.29, 0.717) is 6.07 Å². The number of hydrogen-bond donors (Lipinski definition) is 2. The zero-order valence-corrected chi connectivity index (χ0v) is 11.6. The van der Waals surface area contributed by atoms with Gasteiger partial charge in [-0.1, -0.05) is 0 Å². The van der Waals surface area contributed by atoms with E-state index >= 15 is 0 Å². The first-order valence-electron chi connectivity index (χ1n) is 6.17. The molecule has 0 aliphatic heterocycles. The van der Waals surface area contributed by atoms with Crippen LogP contribution in [0.3, 0.4) is 0 Å². The lowest BCUT2D eigenvalue weighted by Gasteiger charge is -2.17. The van der Waals surface area contributed by atoms with Crippen molar-refractivity contribution in [2.24, 2.45) is 0 Å². The molecule has 8 heteroatoms. The first-order valence-corrected chi connectivity index (χ1v) is 6.17. The molecule has 0 radical (unpaired) electrons. The summed E-state index contributed by atoms with van der Waals surface area (Å²) in [6.07, 6.45) is -4.70. The molecule has 118 valence electrons. The fourth-order valence-corrected chi connectivity index (χ4v) is 1.76. The molecule has 0 aliphatic rings. The highest BCUT2D eigenvalue weighted by atomic mass is 19.4. The minimum atomic E-state index is -4.70. The van der Waals surface area contributed by atoms with Gasteiger partial charge in [0.1, 0.15) is 11.2 Å². The van der Waals surface area contributed by atoms with Crippen LogP contribution in [0.5, 0.6) is 0 Å². The second-order valence-electron chi connectivity index (χ2n) is 5.20. The highest BCUT2D eigenvalue weighted by Gasteiger charge is 2.34. The summed E-state index contributed by atoms with van der Waals surface area (Å²) in [5, 5.41) is 11.5. The fourth-order valence-electron chi connectivity index (χ4n) is 1.76. The van der Waals surface area contributed by atoms with E-state index in [1.165, 1.54) is 19.9 Å². The van der Waals surface area contributed by atoms with Gasteiger partial charge in [0.05, 0.1) is 5.56 Å². The number of halogens is 3. The van der Waals surface area contributed by atoms with Crippen molar-refractivity contribution < 1.29 is 27.5 Å². The number of carbonyl (C=O) groups excluding carboxylic acids is 1. The maximum Gasteiger partial charge on any atom is 0.417 e. The lowest BCUT2D eigenvalue weighted by molar-refractivity contribution is -0.136. The van der Waals surface area contributed by atoms with E-state index in [9.17, 15) is 27.9 Å². The molecule has 0 atom stereocenters. The molecule has 1 aromatic carbocycles. The molecular weight excluding hydrogens is 303 g/mol. The molecule has 0 bridgehead atoms. The van der Waals surface area contributed by atoms with Crippen molar-refractivity contribution in [3.63, 3.8) is 0 Å². The molecule has 0 fully saturated rings. The zero-order chi connectivity index (χ0) is 16.7. The van der Waals surface area contributed by atoms with Crippen LogP contribution in [0.15, 0.2) is 33.5 Å². The van der Waals surface area contributed by atoms with Crippen LogP contribution in [0.4, 0.5) is 18.9 Å². The van der Waals surface area contributed by atoms with Crippen LogP contribution in [-0.2, 0) is 11.0 Å². The Morgan fingerprint density at radius 3 is 2.41 bits per heavy atom. The van der Waals surface area contributed by atoms with Crippen molar-refractivity contribution in [2.75, 3.05) is 5.32 Å². The minimum Gasteiger partial charge on any atom is -0.423 e. The summed E-state index contributed by atoms with van der Waals surface area (Å²) in [5.74, 6) is -0.749. The van der Waals surface area contributed by atoms with E-state index < -0.39 is 28.9 Å². The lowest BCUT2D eigenvalue weighted by Crippen LogP contribution is -2.36. The molecule has 2 aromatic rings. The molecule has 1 aromatic heterocycles. The molecule has 1 heterocycles. The first-order chi connectivity index (χ1) is 9.98. The Morgan fingerprint density at radius 2 is 1.86 bits per heavy atom. The van der Waals surface area contributed by atoms with Gasteiger partial charge in [0.2, 0.25) is 0 Å². The average Bonchev–Trinajstić information content (AvgIpc) is 2.35. The molecule has 22 heavy (non-hydrogen) atoms. The number of anilines is 1. The number of hydrogen-bond acceptors (Lipinski definition) is 4. The molecule has 0 aliphatic carbocycles. The van der Waals surface area contributed by atoms with Crippen LogP contribution in [-0.4, -0.2) is 16.6 Å². The fraction of sp³-hybridized carbons (Fsp3) is 0.286. The summed E-state index contributed by atoms with van der Waals surface area (Å²) in [5.41, 5.74) is -4.13. The van der Waals surface area contributed by atoms with Gasteiger partial charge in [0.15, 0.2) is 0 Å². The minimum absolute atomic E-state index is 0.0992. The third-order valence-corrected chi connectivity index (χ3v) is 2.86. The Bertz CT molecular complexity index is 787. The summed E-state index contributed by atoms with van der Waals surface area (Å²) >= 11 is 0. The van der Waals surface area contributed by atoms with Gasteiger partial charge >= 0.3 is 11.8 Å². The van der Waals surface area contributed by atoms with Gasteiger partial charge in [-0.2, -0.15) is 13.2 Å². The Morgan fingerprint density at radius 1 is 1.23 bits per heavy atom. The highest BCUT2D eigenvalue weighted by Crippen LogP contribution is 2.34. The Balaban J connectivity index is 2.53. The van der Waals surface area contributed by atoms with E-state index in [0.717, 1.165) is 12.1 Å². The highest BCUT2D eigenvalue weighted by molar-refractivity contribution is 5.98. The van der Waals surface area contributed by atoms with E-state index in [4.69, 9.17) is 4.42 Å². The van der Waals surface area contributed by atoms with Crippen molar-refractivity contribution in [1.29, 1.82) is 0 Å². The average molecular weight is 315 g/mol. The van der Waals surface area contributed by atoms with Crippen molar-refractivity contribution in [2.45, 2.75) is 25.6 Å². The summed E-state index contributed by atoms with van der Waals surface area (Å²) in [7, 11) is 0. The van der Waals surface area contributed by atoms with Gasteiger partial charge < -0.3 is 14.8 Å². The monoisotopic (exact) mass is 315 g/mol. The summed E-state index contributed by atoms with van der Waals surface area (Å²) in [6.45, 7) is 2.51. The van der Waals surface area contributed by atoms with Crippen molar-refractivity contribution >= 4 is 22.6 Å². The lowest BCUT2D eigenvalue weighted by atomic mass is 10.1. The number of fused-ring (bicyclic) bond motifs is 1. The van der Waals surface area contributed by atoms with Gasteiger partial charge in [-0.3, -0.25) is 4.79 Å². The van der Waals surface area contributed by atoms with Crippen LogP contribution in [0.1, 0.15) is 19.4 Å². The number of amides is 1. The summed E-state index contributed by atoms with van der Waals surface area (Å²) in [6, 6.07) is 3.77. The van der Waals surface area contributed by atoms with Gasteiger partial charge in [0.25, 0.3) is 5.91 Å². The predicted molar refractivity (Wildman–Crippen MR) is 72.4 cm³/mol. The molecular formula is C14H12F3NO4.